The lowest BCUT2D eigenvalue weighted by molar-refractivity contribution is 0.143. The van der Waals surface area contributed by atoms with E-state index in [9.17, 15) is 4.79 Å². The van der Waals surface area contributed by atoms with Gasteiger partial charge in [0.05, 0.1) is 18.3 Å². The van der Waals surface area contributed by atoms with Gasteiger partial charge < -0.3 is 15.1 Å². The van der Waals surface area contributed by atoms with Gasteiger partial charge in [-0.1, -0.05) is 6.42 Å². The number of carbonyl (C=O) groups is 1. The Kier molecular flexibility index (Phi) is 6.06. The van der Waals surface area contributed by atoms with Crippen molar-refractivity contribution in [3.63, 3.8) is 0 Å². The number of likely N-dealkylation sites (tertiary alicyclic amines) is 1. The van der Waals surface area contributed by atoms with Crippen LogP contribution in [0.3, 0.4) is 0 Å². The molecule has 1 aliphatic rings. The standard InChI is InChI=1S/C19H26N4O2/c1-15(16-7-9-20-10-8-16)22-19(24)21-14-17(18-6-5-13-25-18)23-11-3-2-4-12-23/h5-10,13,15,17H,2-4,11-12,14H2,1H3,(H2,21,22,24)/t15-,17-/m1/s1. The predicted octanol–water partition coefficient (Wildman–Crippen LogP) is 3.26. The molecule has 6 heteroatoms. The van der Waals surface area contributed by atoms with Crippen LogP contribution in [0.2, 0.25) is 0 Å². The molecule has 1 aliphatic heterocycles. The second kappa shape index (κ2) is 8.67. The van der Waals surface area contributed by atoms with Gasteiger partial charge in [-0.3, -0.25) is 9.88 Å². The summed E-state index contributed by atoms with van der Waals surface area (Å²) >= 11 is 0. The van der Waals surface area contributed by atoms with Gasteiger partial charge in [0.2, 0.25) is 0 Å². The average Bonchev–Trinajstić information content (AvgIpc) is 3.18. The van der Waals surface area contributed by atoms with E-state index in [0.29, 0.717) is 6.54 Å². The maximum absolute atomic E-state index is 12.3. The fraction of sp³-hybridized carbons (Fsp3) is 0.474. The topological polar surface area (TPSA) is 70.4 Å². The van der Waals surface area contributed by atoms with E-state index in [1.54, 1.807) is 18.7 Å². The summed E-state index contributed by atoms with van der Waals surface area (Å²) in [6.07, 6.45) is 8.82. The zero-order valence-corrected chi connectivity index (χ0v) is 14.6. The summed E-state index contributed by atoms with van der Waals surface area (Å²) in [4.78, 5) is 18.7. The zero-order chi connectivity index (χ0) is 17.5. The average molecular weight is 342 g/mol. The summed E-state index contributed by atoms with van der Waals surface area (Å²) < 4.78 is 5.61. The largest absolute Gasteiger partial charge is 0.468 e. The van der Waals surface area contributed by atoms with Crippen LogP contribution in [0, 0.1) is 0 Å². The van der Waals surface area contributed by atoms with Gasteiger partial charge in [0.15, 0.2) is 0 Å². The summed E-state index contributed by atoms with van der Waals surface area (Å²) in [6, 6.07) is 7.54. The van der Waals surface area contributed by atoms with Crippen molar-refractivity contribution in [1.29, 1.82) is 0 Å². The Morgan fingerprint density at radius 1 is 1.24 bits per heavy atom. The van der Waals surface area contributed by atoms with Gasteiger partial charge in [-0.15, -0.1) is 0 Å². The molecule has 1 saturated heterocycles. The van der Waals surface area contributed by atoms with Crippen molar-refractivity contribution in [2.24, 2.45) is 0 Å². The van der Waals surface area contributed by atoms with E-state index in [0.717, 1.165) is 24.4 Å². The minimum absolute atomic E-state index is 0.0694. The minimum Gasteiger partial charge on any atom is -0.468 e. The number of pyridine rings is 1. The molecule has 2 aromatic heterocycles. The number of hydrogen-bond acceptors (Lipinski definition) is 4. The Labute approximate surface area is 148 Å². The molecule has 0 bridgehead atoms. The number of rotatable bonds is 6. The van der Waals surface area contributed by atoms with Crippen LogP contribution in [0.1, 0.15) is 49.6 Å². The number of piperidine rings is 1. The molecule has 6 nitrogen and oxygen atoms in total. The lowest BCUT2D eigenvalue weighted by Gasteiger charge is -2.33. The Hall–Kier alpha value is -2.34. The van der Waals surface area contributed by atoms with E-state index in [4.69, 9.17) is 4.42 Å². The van der Waals surface area contributed by atoms with Crippen molar-refractivity contribution >= 4 is 6.03 Å². The molecule has 3 heterocycles. The normalized spacial score (nSPS) is 17.6. The molecule has 2 amide bonds. The van der Waals surface area contributed by atoms with Gasteiger partial charge in [-0.25, -0.2) is 4.79 Å². The van der Waals surface area contributed by atoms with E-state index < -0.39 is 0 Å². The fourth-order valence-electron chi connectivity index (χ4n) is 3.29. The zero-order valence-electron chi connectivity index (χ0n) is 14.6. The second-order valence-electron chi connectivity index (χ2n) is 6.48. The lowest BCUT2D eigenvalue weighted by Crippen LogP contribution is -2.44. The lowest BCUT2D eigenvalue weighted by atomic mass is 10.1. The Morgan fingerprint density at radius 3 is 2.68 bits per heavy atom. The molecule has 2 N–H and O–H groups in total. The van der Waals surface area contributed by atoms with Crippen LogP contribution in [0.25, 0.3) is 0 Å². The molecule has 0 aliphatic carbocycles. The molecule has 1 fully saturated rings. The highest BCUT2D eigenvalue weighted by Crippen LogP contribution is 2.24. The molecule has 0 radical (unpaired) electrons. The third-order valence-electron chi connectivity index (χ3n) is 4.71. The van der Waals surface area contributed by atoms with Gasteiger partial charge in [-0.2, -0.15) is 0 Å². The molecule has 0 aromatic carbocycles. The van der Waals surface area contributed by atoms with E-state index >= 15 is 0 Å². The molecule has 0 unspecified atom stereocenters. The molecule has 25 heavy (non-hydrogen) atoms. The van der Waals surface area contributed by atoms with Crippen molar-refractivity contribution in [3.8, 4) is 0 Å². The van der Waals surface area contributed by atoms with Crippen molar-refractivity contribution in [2.45, 2.75) is 38.3 Å². The summed E-state index contributed by atoms with van der Waals surface area (Å²) in [6.45, 7) is 4.58. The predicted molar refractivity (Wildman–Crippen MR) is 96.1 cm³/mol. The summed E-state index contributed by atoms with van der Waals surface area (Å²) in [7, 11) is 0. The number of furan rings is 1. The maximum atomic E-state index is 12.3. The number of carbonyl (C=O) groups excluding carboxylic acids is 1. The van der Waals surface area contributed by atoms with Gasteiger partial charge in [0, 0.05) is 18.9 Å². The van der Waals surface area contributed by atoms with E-state index in [-0.39, 0.29) is 18.1 Å². The van der Waals surface area contributed by atoms with E-state index in [1.807, 2.05) is 31.2 Å². The van der Waals surface area contributed by atoms with Gasteiger partial charge >= 0.3 is 6.03 Å². The van der Waals surface area contributed by atoms with Crippen LogP contribution in [0.4, 0.5) is 4.79 Å². The molecule has 2 aromatic rings. The van der Waals surface area contributed by atoms with Crippen LogP contribution in [-0.4, -0.2) is 35.5 Å². The van der Waals surface area contributed by atoms with Gasteiger partial charge in [0.1, 0.15) is 5.76 Å². The summed E-state index contributed by atoms with van der Waals surface area (Å²) in [5.74, 6) is 0.907. The number of urea groups is 1. The Balaban J connectivity index is 1.56. The number of nitrogens with zero attached hydrogens (tertiary/aromatic N) is 2. The second-order valence-corrected chi connectivity index (χ2v) is 6.48. The number of hydrogen-bond donors (Lipinski definition) is 2. The first kappa shape index (κ1) is 17.5. The molecule has 0 spiro atoms. The van der Waals surface area contributed by atoms with Crippen LogP contribution in [0.15, 0.2) is 47.3 Å². The van der Waals surface area contributed by atoms with Crippen molar-refractivity contribution in [3.05, 3.63) is 54.2 Å². The van der Waals surface area contributed by atoms with Crippen LogP contribution >= 0.6 is 0 Å². The highest BCUT2D eigenvalue weighted by molar-refractivity contribution is 5.74. The first-order chi connectivity index (χ1) is 12.2. The molecule has 3 rings (SSSR count). The number of aromatic nitrogens is 1. The highest BCUT2D eigenvalue weighted by atomic mass is 16.3. The Morgan fingerprint density at radius 2 is 2.00 bits per heavy atom. The van der Waals surface area contributed by atoms with Crippen LogP contribution < -0.4 is 10.6 Å². The third-order valence-corrected chi connectivity index (χ3v) is 4.71. The summed E-state index contributed by atoms with van der Waals surface area (Å²) in [5, 5.41) is 5.97. The van der Waals surface area contributed by atoms with Gasteiger partial charge in [0.25, 0.3) is 0 Å². The van der Waals surface area contributed by atoms with Crippen LogP contribution in [0.5, 0.6) is 0 Å². The minimum atomic E-state index is -0.169. The first-order valence-corrected chi connectivity index (χ1v) is 8.96. The first-order valence-electron chi connectivity index (χ1n) is 8.96. The molecular weight excluding hydrogens is 316 g/mol. The summed E-state index contributed by atoms with van der Waals surface area (Å²) in [5.41, 5.74) is 1.03. The SMILES string of the molecule is C[C@@H](NC(=O)NC[C@H](c1ccco1)N1CCCCC1)c1ccncc1. The Bertz CT molecular complexity index is 639. The van der Waals surface area contributed by atoms with E-state index in [2.05, 4.69) is 20.5 Å². The highest BCUT2D eigenvalue weighted by Gasteiger charge is 2.25. The number of amides is 2. The van der Waals surface area contributed by atoms with Crippen molar-refractivity contribution < 1.29 is 9.21 Å². The molecule has 0 saturated carbocycles. The smallest absolute Gasteiger partial charge is 0.315 e. The maximum Gasteiger partial charge on any atom is 0.315 e. The van der Waals surface area contributed by atoms with Crippen molar-refractivity contribution in [1.82, 2.24) is 20.5 Å². The molecule has 2 atom stereocenters. The van der Waals surface area contributed by atoms with Crippen molar-refractivity contribution in [2.75, 3.05) is 19.6 Å². The molecular formula is C19H26N4O2. The van der Waals surface area contributed by atoms with Crippen LogP contribution in [-0.2, 0) is 0 Å². The monoisotopic (exact) mass is 342 g/mol. The number of nitrogens with one attached hydrogen (secondary N) is 2. The fourth-order valence-corrected chi connectivity index (χ4v) is 3.29. The quantitative estimate of drug-likeness (QED) is 0.845. The van der Waals surface area contributed by atoms with Gasteiger partial charge in [-0.05, 0) is 62.7 Å². The third kappa shape index (κ3) is 4.82. The van der Waals surface area contributed by atoms with E-state index in [1.165, 1.54) is 19.3 Å². The molecule has 134 valence electrons.